The van der Waals surface area contributed by atoms with Gasteiger partial charge in [0, 0.05) is 22.9 Å². The lowest BCUT2D eigenvalue weighted by atomic mass is 10.4. The van der Waals surface area contributed by atoms with Crippen LogP contribution in [0.4, 0.5) is 10.2 Å². The zero-order valence-corrected chi connectivity index (χ0v) is 9.61. The SMILES string of the molecule is Nc1cc(Oc2ncc(Br)cc2F)ccn1. The van der Waals surface area contributed by atoms with Crippen LogP contribution in [0.5, 0.6) is 11.6 Å². The van der Waals surface area contributed by atoms with Gasteiger partial charge in [-0.05, 0) is 28.1 Å². The van der Waals surface area contributed by atoms with Gasteiger partial charge in [-0.1, -0.05) is 0 Å². The highest BCUT2D eigenvalue weighted by atomic mass is 79.9. The Morgan fingerprint density at radius 3 is 2.81 bits per heavy atom. The van der Waals surface area contributed by atoms with Crippen LogP contribution >= 0.6 is 15.9 Å². The summed E-state index contributed by atoms with van der Waals surface area (Å²) in [5.74, 6) is 0.0369. The third-order valence-electron chi connectivity index (χ3n) is 1.74. The average Bonchev–Trinajstić information content (AvgIpc) is 2.22. The number of nitrogens with zero attached hydrogens (tertiary/aromatic N) is 2. The van der Waals surface area contributed by atoms with Crippen LogP contribution < -0.4 is 10.5 Å². The number of ether oxygens (including phenoxy) is 1. The summed E-state index contributed by atoms with van der Waals surface area (Å²) in [5.41, 5.74) is 5.46. The van der Waals surface area contributed by atoms with E-state index in [0.29, 0.717) is 16.0 Å². The van der Waals surface area contributed by atoms with Gasteiger partial charge in [0.15, 0.2) is 5.82 Å². The molecule has 0 atom stereocenters. The van der Waals surface area contributed by atoms with E-state index in [4.69, 9.17) is 10.5 Å². The van der Waals surface area contributed by atoms with Crippen molar-refractivity contribution in [3.8, 4) is 11.6 Å². The molecule has 0 unspecified atom stereocenters. The number of hydrogen-bond acceptors (Lipinski definition) is 4. The zero-order chi connectivity index (χ0) is 11.5. The second-order valence-electron chi connectivity index (χ2n) is 2.96. The standard InChI is InChI=1S/C10H7BrFN3O/c11-6-3-8(12)10(15-5-6)16-7-1-2-14-9(13)4-7/h1-5H,(H2,13,14). The molecule has 0 saturated carbocycles. The molecule has 6 heteroatoms. The van der Waals surface area contributed by atoms with Crippen molar-refractivity contribution in [2.75, 3.05) is 5.73 Å². The Hall–Kier alpha value is -1.69. The average molecular weight is 284 g/mol. The minimum atomic E-state index is -0.551. The van der Waals surface area contributed by atoms with Crippen LogP contribution in [0.25, 0.3) is 0 Å². The maximum atomic E-state index is 13.4. The monoisotopic (exact) mass is 283 g/mol. The van der Waals surface area contributed by atoms with Gasteiger partial charge >= 0.3 is 0 Å². The largest absolute Gasteiger partial charge is 0.436 e. The van der Waals surface area contributed by atoms with E-state index >= 15 is 0 Å². The van der Waals surface area contributed by atoms with Gasteiger partial charge in [0.1, 0.15) is 11.6 Å². The first-order valence-electron chi connectivity index (χ1n) is 4.35. The summed E-state index contributed by atoms with van der Waals surface area (Å²) >= 11 is 3.11. The van der Waals surface area contributed by atoms with Gasteiger partial charge < -0.3 is 10.5 Å². The predicted molar refractivity (Wildman–Crippen MR) is 60.6 cm³/mol. The van der Waals surface area contributed by atoms with Gasteiger partial charge in [0.2, 0.25) is 0 Å². The van der Waals surface area contributed by atoms with Crippen molar-refractivity contribution in [2.45, 2.75) is 0 Å². The van der Waals surface area contributed by atoms with Crippen LogP contribution in [0.15, 0.2) is 35.1 Å². The molecule has 4 nitrogen and oxygen atoms in total. The Balaban J connectivity index is 2.27. The van der Waals surface area contributed by atoms with Crippen LogP contribution in [-0.2, 0) is 0 Å². The Morgan fingerprint density at radius 2 is 2.12 bits per heavy atom. The first-order chi connectivity index (χ1) is 7.65. The number of aromatic nitrogens is 2. The topological polar surface area (TPSA) is 61.0 Å². The fourth-order valence-corrected chi connectivity index (χ4v) is 1.38. The van der Waals surface area contributed by atoms with Crippen molar-refractivity contribution in [1.29, 1.82) is 0 Å². The molecule has 0 radical (unpaired) electrons. The smallest absolute Gasteiger partial charge is 0.255 e. The summed E-state index contributed by atoms with van der Waals surface area (Å²) in [4.78, 5) is 7.59. The van der Waals surface area contributed by atoms with Crippen molar-refractivity contribution < 1.29 is 9.13 Å². The van der Waals surface area contributed by atoms with Crippen LogP contribution in [0.3, 0.4) is 0 Å². The van der Waals surface area contributed by atoms with Crippen LogP contribution in [0.2, 0.25) is 0 Å². The van der Waals surface area contributed by atoms with E-state index in [0.717, 1.165) is 0 Å². The maximum absolute atomic E-state index is 13.4. The van der Waals surface area contributed by atoms with Crippen molar-refractivity contribution in [1.82, 2.24) is 9.97 Å². The Labute approximate surface area is 99.4 Å². The molecule has 0 aliphatic rings. The molecule has 0 saturated heterocycles. The molecular formula is C10H7BrFN3O. The van der Waals surface area contributed by atoms with E-state index in [-0.39, 0.29) is 5.88 Å². The van der Waals surface area contributed by atoms with Gasteiger partial charge in [-0.3, -0.25) is 0 Å². The fourth-order valence-electron chi connectivity index (χ4n) is 1.08. The lowest BCUT2D eigenvalue weighted by Gasteiger charge is -2.05. The lowest BCUT2D eigenvalue weighted by molar-refractivity contribution is 0.422. The van der Waals surface area contributed by atoms with Crippen molar-refractivity contribution in [3.63, 3.8) is 0 Å². The molecule has 0 aliphatic heterocycles. The summed E-state index contributed by atoms with van der Waals surface area (Å²) < 4.78 is 19.1. The van der Waals surface area contributed by atoms with Gasteiger partial charge in [-0.25, -0.2) is 14.4 Å². The van der Waals surface area contributed by atoms with Crippen molar-refractivity contribution in [3.05, 3.63) is 40.9 Å². The quantitative estimate of drug-likeness (QED) is 0.921. The van der Waals surface area contributed by atoms with E-state index in [1.165, 1.54) is 24.5 Å². The normalized spacial score (nSPS) is 10.1. The molecule has 2 rings (SSSR count). The third-order valence-corrected chi connectivity index (χ3v) is 2.17. The number of nitrogens with two attached hydrogens (primary N) is 1. The van der Waals surface area contributed by atoms with E-state index in [2.05, 4.69) is 25.9 Å². The molecule has 2 aromatic heterocycles. The molecule has 16 heavy (non-hydrogen) atoms. The van der Waals surface area contributed by atoms with Gasteiger partial charge in [-0.2, -0.15) is 0 Å². The minimum absolute atomic E-state index is 0.103. The molecule has 0 aliphatic carbocycles. The van der Waals surface area contributed by atoms with E-state index in [9.17, 15) is 4.39 Å². The highest BCUT2D eigenvalue weighted by Crippen LogP contribution is 2.24. The van der Waals surface area contributed by atoms with Gasteiger partial charge in [0.25, 0.3) is 5.88 Å². The molecule has 2 heterocycles. The number of nitrogen functional groups attached to an aromatic ring is 1. The van der Waals surface area contributed by atoms with E-state index in [1.807, 2.05) is 0 Å². The summed E-state index contributed by atoms with van der Waals surface area (Å²) in [7, 11) is 0. The van der Waals surface area contributed by atoms with Gasteiger partial charge in [-0.15, -0.1) is 0 Å². The molecule has 0 amide bonds. The highest BCUT2D eigenvalue weighted by Gasteiger charge is 2.07. The second kappa shape index (κ2) is 4.44. The van der Waals surface area contributed by atoms with Crippen molar-refractivity contribution in [2.24, 2.45) is 0 Å². The molecule has 0 spiro atoms. The fraction of sp³-hybridized carbons (Fsp3) is 0. The molecule has 2 N–H and O–H groups in total. The van der Waals surface area contributed by atoms with Crippen LogP contribution in [0.1, 0.15) is 0 Å². The summed E-state index contributed by atoms with van der Waals surface area (Å²) in [6, 6.07) is 4.33. The number of hydrogen-bond donors (Lipinski definition) is 1. The predicted octanol–water partition coefficient (Wildman–Crippen LogP) is 2.75. The number of halogens is 2. The summed E-state index contributed by atoms with van der Waals surface area (Å²) in [6.45, 7) is 0. The van der Waals surface area contributed by atoms with Crippen LogP contribution in [0, 0.1) is 5.82 Å². The Morgan fingerprint density at radius 1 is 1.31 bits per heavy atom. The molecule has 2 aromatic rings. The van der Waals surface area contributed by atoms with Crippen LogP contribution in [-0.4, -0.2) is 9.97 Å². The summed E-state index contributed by atoms with van der Waals surface area (Å²) in [5, 5.41) is 0. The van der Waals surface area contributed by atoms with E-state index in [1.54, 1.807) is 6.07 Å². The molecule has 0 bridgehead atoms. The number of pyridine rings is 2. The molecule has 0 fully saturated rings. The maximum Gasteiger partial charge on any atom is 0.255 e. The number of anilines is 1. The Kier molecular flexibility index (Phi) is 3.00. The third kappa shape index (κ3) is 2.46. The van der Waals surface area contributed by atoms with Gasteiger partial charge in [0.05, 0.1) is 0 Å². The molecular weight excluding hydrogens is 277 g/mol. The first-order valence-corrected chi connectivity index (χ1v) is 5.15. The van der Waals surface area contributed by atoms with Crippen molar-refractivity contribution >= 4 is 21.7 Å². The molecule has 0 aromatic carbocycles. The number of rotatable bonds is 2. The lowest BCUT2D eigenvalue weighted by Crippen LogP contribution is -1.94. The zero-order valence-electron chi connectivity index (χ0n) is 8.02. The minimum Gasteiger partial charge on any atom is -0.436 e. The highest BCUT2D eigenvalue weighted by molar-refractivity contribution is 9.10. The Bertz CT molecular complexity index is 521. The molecule has 82 valence electrons. The van der Waals surface area contributed by atoms with E-state index < -0.39 is 5.82 Å². The first kappa shape index (κ1) is 10.8. The second-order valence-corrected chi connectivity index (χ2v) is 3.87. The summed E-state index contributed by atoms with van der Waals surface area (Å²) in [6.07, 6.45) is 2.92.